The van der Waals surface area contributed by atoms with Crippen molar-refractivity contribution in [2.24, 2.45) is 16.8 Å². The van der Waals surface area contributed by atoms with Crippen molar-refractivity contribution in [3.63, 3.8) is 0 Å². The average molecular weight is 485 g/mol. The number of hydrogen-bond donors (Lipinski definition) is 3. The van der Waals surface area contributed by atoms with Gasteiger partial charge < -0.3 is 15.1 Å². The molecule has 2 aliphatic carbocycles. The molecule has 0 atom stereocenters. The number of anilines is 2. The van der Waals surface area contributed by atoms with Gasteiger partial charge >= 0.3 is 0 Å². The predicted octanol–water partition coefficient (Wildman–Crippen LogP) is 4.69. The Morgan fingerprint density at radius 1 is 1.14 bits per heavy atom. The predicted molar refractivity (Wildman–Crippen MR) is 137 cm³/mol. The van der Waals surface area contributed by atoms with Crippen LogP contribution in [0.4, 0.5) is 11.4 Å². The van der Waals surface area contributed by atoms with E-state index in [1.165, 1.54) is 31.4 Å². The van der Waals surface area contributed by atoms with E-state index in [0.717, 1.165) is 28.3 Å². The first-order valence-corrected chi connectivity index (χ1v) is 12.1. The maximum atomic E-state index is 11.2. The number of aromatic nitrogens is 2. The smallest absolute Gasteiger partial charge is 0.228 e. The summed E-state index contributed by atoms with van der Waals surface area (Å²) in [6.45, 7) is 3.68. The number of aliphatic imine (C=N–C) groups is 1. The lowest BCUT2D eigenvalue weighted by Gasteiger charge is -2.07. The molecule has 0 bridgehead atoms. The Labute approximate surface area is 209 Å². The van der Waals surface area contributed by atoms with E-state index >= 15 is 0 Å². The van der Waals surface area contributed by atoms with E-state index in [-0.39, 0.29) is 11.7 Å². The minimum absolute atomic E-state index is 0.0377. The zero-order chi connectivity index (χ0) is 25.2. The molecule has 3 aliphatic rings. The molecule has 2 fully saturated rings. The summed E-state index contributed by atoms with van der Waals surface area (Å²) in [4.78, 5) is 34.7. The number of nitrogens with zero attached hydrogens (tertiary/aromatic N) is 3. The monoisotopic (exact) mass is 484 g/mol. The number of amidine groups is 1. The summed E-state index contributed by atoms with van der Waals surface area (Å²) < 4.78 is 5.44. The molecule has 3 heterocycles. The number of oxazole rings is 1. The number of fused-ring (bicyclic) bond motifs is 1. The van der Waals surface area contributed by atoms with Crippen molar-refractivity contribution in [1.29, 1.82) is 5.41 Å². The van der Waals surface area contributed by atoms with Crippen molar-refractivity contribution in [3.05, 3.63) is 59.2 Å². The normalized spacial score (nSPS) is 15.8. The Morgan fingerprint density at radius 2 is 1.89 bits per heavy atom. The van der Waals surface area contributed by atoms with Gasteiger partial charge in [-0.2, -0.15) is 0 Å². The Kier molecular flexibility index (Phi) is 6.45. The summed E-state index contributed by atoms with van der Waals surface area (Å²) in [5.41, 5.74) is 6.03. The molecule has 0 spiro atoms. The highest BCUT2D eigenvalue weighted by atomic mass is 16.4. The van der Waals surface area contributed by atoms with Crippen molar-refractivity contribution in [1.82, 2.24) is 9.97 Å². The van der Waals surface area contributed by atoms with Crippen molar-refractivity contribution in [3.8, 4) is 11.5 Å². The van der Waals surface area contributed by atoms with Gasteiger partial charge in [0.05, 0.1) is 24.0 Å². The van der Waals surface area contributed by atoms with Gasteiger partial charge in [-0.3, -0.25) is 20.0 Å². The molecule has 184 valence electrons. The van der Waals surface area contributed by atoms with E-state index < -0.39 is 0 Å². The molecule has 1 aromatic carbocycles. The average Bonchev–Trinajstić information content (AvgIpc) is 3.79. The van der Waals surface area contributed by atoms with Gasteiger partial charge in [0.15, 0.2) is 5.84 Å². The zero-order valence-corrected chi connectivity index (χ0v) is 20.3. The third-order valence-corrected chi connectivity index (χ3v) is 6.41. The summed E-state index contributed by atoms with van der Waals surface area (Å²) in [5.74, 6) is 2.88. The maximum absolute atomic E-state index is 11.2. The maximum Gasteiger partial charge on any atom is 0.228 e. The molecule has 1 aliphatic heterocycles. The number of carbonyl (C=O) groups excluding carboxylic acids is 2. The van der Waals surface area contributed by atoms with Crippen molar-refractivity contribution >= 4 is 35.2 Å². The van der Waals surface area contributed by atoms with Gasteiger partial charge in [-0.1, -0.05) is 0 Å². The van der Waals surface area contributed by atoms with Gasteiger partial charge in [0.25, 0.3) is 0 Å². The van der Waals surface area contributed by atoms with Crippen molar-refractivity contribution in [2.75, 3.05) is 10.6 Å². The van der Waals surface area contributed by atoms with E-state index in [9.17, 15) is 9.59 Å². The van der Waals surface area contributed by atoms with Crippen LogP contribution in [0.25, 0.3) is 11.5 Å². The fourth-order valence-corrected chi connectivity index (χ4v) is 4.19. The first-order valence-electron chi connectivity index (χ1n) is 12.1. The molecule has 2 saturated carbocycles. The number of rotatable bonds is 6. The largest absolute Gasteiger partial charge is 0.441 e. The molecule has 0 radical (unpaired) electrons. The van der Waals surface area contributed by atoms with Gasteiger partial charge in [-0.05, 0) is 81.2 Å². The second kappa shape index (κ2) is 9.85. The number of amides is 2. The fourth-order valence-electron chi connectivity index (χ4n) is 4.19. The number of benzene rings is 1. The SMILES string of the molecule is Cc1cnc(-c2ccc3c(c2)CC(=O)N3)o1.Cc1ncc(C(=N)N=C(C2CC2)C2CC2)cc1NC=O. The Bertz CT molecular complexity index is 1350. The molecule has 3 N–H and O–H groups in total. The minimum atomic E-state index is 0.0377. The second-order valence-electron chi connectivity index (χ2n) is 9.43. The highest BCUT2D eigenvalue weighted by Crippen LogP contribution is 2.42. The van der Waals surface area contributed by atoms with Gasteiger partial charge in [-0.25, -0.2) is 9.98 Å². The van der Waals surface area contributed by atoms with Crippen LogP contribution in [0, 0.1) is 31.1 Å². The van der Waals surface area contributed by atoms with Crippen LogP contribution >= 0.6 is 0 Å². The zero-order valence-electron chi connectivity index (χ0n) is 20.3. The lowest BCUT2D eigenvalue weighted by Crippen LogP contribution is -2.09. The van der Waals surface area contributed by atoms with Gasteiger partial charge in [0, 0.05) is 28.7 Å². The van der Waals surface area contributed by atoms with Crippen LogP contribution in [-0.4, -0.2) is 33.8 Å². The molecule has 3 aromatic rings. The van der Waals surface area contributed by atoms with Crippen LogP contribution < -0.4 is 10.6 Å². The molecule has 2 aromatic heterocycles. The number of aryl methyl sites for hydroxylation is 2. The highest BCUT2D eigenvalue weighted by molar-refractivity contribution is 6.08. The molecular formula is C27H28N6O3. The van der Waals surface area contributed by atoms with Gasteiger partial charge in [0.2, 0.25) is 18.2 Å². The lowest BCUT2D eigenvalue weighted by molar-refractivity contribution is -0.115. The van der Waals surface area contributed by atoms with E-state index in [2.05, 4.69) is 25.6 Å². The molecule has 9 heteroatoms. The number of carbonyl (C=O) groups is 2. The minimum Gasteiger partial charge on any atom is -0.441 e. The molecule has 6 rings (SSSR count). The summed E-state index contributed by atoms with van der Waals surface area (Å²) in [5, 5.41) is 13.6. The van der Waals surface area contributed by atoms with Crippen LogP contribution in [-0.2, 0) is 16.0 Å². The summed E-state index contributed by atoms with van der Waals surface area (Å²) in [7, 11) is 0. The number of pyridine rings is 1. The molecule has 36 heavy (non-hydrogen) atoms. The number of nitrogens with one attached hydrogen (secondary N) is 3. The van der Waals surface area contributed by atoms with Crippen LogP contribution in [0.2, 0.25) is 0 Å². The van der Waals surface area contributed by atoms with Crippen LogP contribution in [0.3, 0.4) is 0 Å². The number of hydrogen-bond acceptors (Lipinski definition) is 6. The first-order chi connectivity index (χ1) is 17.4. The van der Waals surface area contributed by atoms with Gasteiger partial charge in [-0.15, -0.1) is 0 Å². The molecule has 2 amide bonds. The first kappa shape index (κ1) is 23.6. The molecular weight excluding hydrogens is 456 g/mol. The Morgan fingerprint density at radius 3 is 2.53 bits per heavy atom. The topological polar surface area (TPSA) is 133 Å². The fraction of sp³-hybridized carbons (Fsp3) is 0.333. The summed E-state index contributed by atoms with van der Waals surface area (Å²) in [6, 6.07) is 7.49. The lowest BCUT2D eigenvalue weighted by atomic mass is 10.1. The Balaban J connectivity index is 0.000000152. The van der Waals surface area contributed by atoms with Crippen molar-refractivity contribution in [2.45, 2.75) is 46.0 Å². The third-order valence-electron chi connectivity index (χ3n) is 6.41. The van der Waals surface area contributed by atoms with Crippen molar-refractivity contribution < 1.29 is 14.0 Å². The summed E-state index contributed by atoms with van der Waals surface area (Å²) >= 11 is 0. The highest BCUT2D eigenvalue weighted by Gasteiger charge is 2.38. The molecule has 9 nitrogen and oxygen atoms in total. The Hall–Kier alpha value is -4.14. The van der Waals surface area contributed by atoms with E-state index in [1.54, 1.807) is 18.5 Å². The van der Waals surface area contributed by atoms with Crippen LogP contribution in [0.1, 0.15) is 48.3 Å². The summed E-state index contributed by atoms with van der Waals surface area (Å²) in [6.07, 6.45) is 9.25. The third kappa shape index (κ3) is 5.40. The quantitative estimate of drug-likeness (QED) is 0.265. The van der Waals surface area contributed by atoms with E-state index in [4.69, 9.17) is 9.83 Å². The second-order valence-corrected chi connectivity index (χ2v) is 9.43. The standard InChI is InChI=1S/C15H18N4O.C12H10N2O2/c1-9-13(18-8-20)6-12(7-17-9)15(16)19-14(10-2-3-10)11-4-5-11;1-7-6-13-12(16-7)8-2-3-10-9(4-8)5-11(15)14-10/h6-8,10-11,16H,2-5H2,1H3,(H,18,20);2-4,6H,5H2,1H3,(H,14,15). The van der Waals surface area contributed by atoms with E-state index in [0.29, 0.717) is 41.8 Å². The molecule has 0 saturated heterocycles. The van der Waals surface area contributed by atoms with Crippen LogP contribution in [0.15, 0.2) is 46.1 Å². The molecule has 0 unspecified atom stereocenters. The van der Waals surface area contributed by atoms with E-state index in [1.807, 2.05) is 32.0 Å². The van der Waals surface area contributed by atoms with Crippen LogP contribution in [0.5, 0.6) is 0 Å². The van der Waals surface area contributed by atoms with Gasteiger partial charge in [0.1, 0.15) is 5.76 Å².